The van der Waals surface area contributed by atoms with E-state index in [1.807, 2.05) is 36.4 Å². The van der Waals surface area contributed by atoms with Crippen LogP contribution >= 0.6 is 0 Å². The number of rotatable bonds is 7. The van der Waals surface area contributed by atoms with E-state index in [0.717, 1.165) is 12.2 Å². The molecular formula is C24H25NO3. The van der Waals surface area contributed by atoms with Gasteiger partial charge in [-0.1, -0.05) is 32.9 Å². The summed E-state index contributed by atoms with van der Waals surface area (Å²) in [6.45, 7) is 6.66. The topological polar surface area (TPSA) is 51.5 Å². The molecule has 0 saturated carbocycles. The van der Waals surface area contributed by atoms with Crippen molar-refractivity contribution < 1.29 is 13.9 Å². The molecule has 0 bridgehead atoms. The first-order chi connectivity index (χ1) is 13.5. The lowest BCUT2D eigenvalue weighted by Gasteiger charge is -2.23. The van der Waals surface area contributed by atoms with Gasteiger partial charge in [-0.25, -0.2) is 0 Å². The minimum absolute atomic E-state index is 0.157. The minimum atomic E-state index is -0.223. The van der Waals surface area contributed by atoms with Gasteiger partial charge in [-0.15, -0.1) is 0 Å². The normalized spacial score (nSPS) is 11.5. The third kappa shape index (κ3) is 5.13. The lowest BCUT2D eigenvalue weighted by Crippen LogP contribution is -2.14. The van der Waals surface area contributed by atoms with Gasteiger partial charge >= 0.3 is 0 Å². The molecule has 0 saturated heterocycles. The van der Waals surface area contributed by atoms with Crippen molar-refractivity contribution in [3.05, 3.63) is 84.3 Å². The molecule has 0 aliphatic carbocycles. The molecule has 1 N–H and O–H groups in total. The standard InChI is InChI=1S/C24H25NO3/c1-4-24(2,3)18-7-11-21(12-8-18)28-22-13-9-19(10-14-22)25-23(26)16-15-20-6-5-17-27-20/h5-17H,4H2,1-3H3,(H,25,26). The van der Waals surface area contributed by atoms with Gasteiger partial charge in [0.05, 0.1) is 6.26 Å². The van der Waals surface area contributed by atoms with Gasteiger partial charge in [0.15, 0.2) is 0 Å². The fraction of sp³-hybridized carbons (Fsp3) is 0.208. The summed E-state index contributed by atoms with van der Waals surface area (Å²) >= 11 is 0. The number of carbonyl (C=O) groups is 1. The van der Waals surface area contributed by atoms with Crippen LogP contribution in [0.4, 0.5) is 5.69 Å². The van der Waals surface area contributed by atoms with Crippen LogP contribution in [-0.2, 0) is 10.2 Å². The van der Waals surface area contributed by atoms with Crippen LogP contribution in [0.15, 0.2) is 77.4 Å². The average Bonchev–Trinajstić information content (AvgIpc) is 3.22. The highest BCUT2D eigenvalue weighted by atomic mass is 16.5. The molecule has 2 aromatic carbocycles. The second-order valence-electron chi connectivity index (χ2n) is 7.23. The van der Waals surface area contributed by atoms with E-state index in [1.54, 1.807) is 24.5 Å². The van der Waals surface area contributed by atoms with E-state index < -0.39 is 0 Å². The maximum absolute atomic E-state index is 12.0. The highest BCUT2D eigenvalue weighted by molar-refractivity contribution is 6.01. The van der Waals surface area contributed by atoms with Gasteiger partial charge in [-0.2, -0.15) is 0 Å². The number of furan rings is 1. The number of hydrogen-bond acceptors (Lipinski definition) is 3. The van der Waals surface area contributed by atoms with Crippen LogP contribution < -0.4 is 10.1 Å². The van der Waals surface area contributed by atoms with Gasteiger partial charge in [0.25, 0.3) is 0 Å². The van der Waals surface area contributed by atoms with Crippen molar-refractivity contribution in [2.75, 3.05) is 5.32 Å². The fourth-order valence-electron chi connectivity index (χ4n) is 2.65. The number of ether oxygens (including phenoxy) is 1. The van der Waals surface area contributed by atoms with E-state index in [0.29, 0.717) is 17.2 Å². The van der Waals surface area contributed by atoms with E-state index in [1.165, 1.54) is 11.6 Å². The molecule has 28 heavy (non-hydrogen) atoms. The number of benzene rings is 2. The van der Waals surface area contributed by atoms with Crippen LogP contribution in [-0.4, -0.2) is 5.91 Å². The molecule has 4 nitrogen and oxygen atoms in total. The Balaban J connectivity index is 1.57. The molecule has 0 radical (unpaired) electrons. The van der Waals surface area contributed by atoms with Gasteiger partial charge in [0, 0.05) is 11.8 Å². The van der Waals surface area contributed by atoms with Gasteiger partial charge < -0.3 is 14.5 Å². The molecule has 0 spiro atoms. The van der Waals surface area contributed by atoms with E-state index in [2.05, 4.69) is 38.2 Å². The lowest BCUT2D eigenvalue weighted by atomic mass is 9.82. The fourth-order valence-corrected chi connectivity index (χ4v) is 2.65. The monoisotopic (exact) mass is 375 g/mol. The van der Waals surface area contributed by atoms with Crippen LogP contribution in [0.5, 0.6) is 11.5 Å². The Bertz CT molecular complexity index is 921. The molecule has 4 heteroatoms. The Hall–Kier alpha value is -3.27. The minimum Gasteiger partial charge on any atom is -0.465 e. The summed E-state index contributed by atoms with van der Waals surface area (Å²) < 4.78 is 11.1. The molecule has 1 aromatic heterocycles. The molecule has 1 heterocycles. The van der Waals surface area contributed by atoms with Crippen LogP contribution in [0.3, 0.4) is 0 Å². The van der Waals surface area contributed by atoms with E-state index in [9.17, 15) is 4.79 Å². The summed E-state index contributed by atoms with van der Waals surface area (Å²) in [7, 11) is 0. The number of hydrogen-bond donors (Lipinski definition) is 1. The van der Waals surface area contributed by atoms with Crippen LogP contribution in [0.2, 0.25) is 0 Å². The highest BCUT2D eigenvalue weighted by Gasteiger charge is 2.17. The number of amides is 1. The first kappa shape index (κ1) is 19.5. The second kappa shape index (κ2) is 8.61. The van der Waals surface area contributed by atoms with E-state index >= 15 is 0 Å². The second-order valence-corrected chi connectivity index (χ2v) is 7.23. The molecule has 0 aliphatic heterocycles. The van der Waals surface area contributed by atoms with Crippen LogP contribution in [0.25, 0.3) is 6.08 Å². The summed E-state index contributed by atoms with van der Waals surface area (Å²) in [5.41, 5.74) is 2.15. The quantitative estimate of drug-likeness (QED) is 0.485. The summed E-state index contributed by atoms with van der Waals surface area (Å²) in [6.07, 6.45) is 5.70. The third-order valence-corrected chi connectivity index (χ3v) is 4.82. The zero-order valence-electron chi connectivity index (χ0n) is 16.4. The van der Waals surface area contributed by atoms with Gasteiger partial charge in [-0.05, 0) is 72.0 Å². The maximum Gasteiger partial charge on any atom is 0.248 e. The Morgan fingerprint density at radius 1 is 1.04 bits per heavy atom. The van der Waals surface area contributed by atoms with Crippen molar-refractivity contribution in [3.8, 4) is 11.5 Å². The molecule has 1 amide bonds. The van der Waals surface area contributed by atoms with Crippen molar-refractivity contribution >= 4 is 17.7 Å². The first-order valence-electron chi connectivity index (χ1n) is 9.37. The molecule has 144 valence electrons. The predicted octanol–water partition coefficient (Wildman–Crippen LogP) is 6.41. The molecule has 3 aromatic rings. The zero-order chi connectivity index (χ0) is 20.0. The summed E-state index contributed by atoms with van der Waals surface area (Å²) in [6, 6.07) is 19.0. The van der Waals surface area contributed by atoms with Gasteiger partial charge in [0.1, 0.15) is 17.3 Å². The third-order valence-electron chi connectivity index (χ3n) is 4.82. The first-order valence-corrected chi connectivity index (χ1v) is 9.37. The summed E-state index contributed by atoms with van der Waals surface area (Å²) in [5, 5.41) is 2.80. The Morgan fingerprint density at radius 3 is 2.25 bits per heavy atom. The number of nitrogens with one attached hydrogen (secondary N) is 1. The van der Waals surface area contributed by atoms with Crippen molar-refractivity contribution in [3.63, 3.8) is 0 Å². The van der Waals surface area contributed by atoms with Crippen molar-refractivity contribution in [1.29, 1.82) is 0 Å². The zero-order valence-corrected chi connectivity index (χ0v) is 16.4. The largest absolute Gasteiger partial charge is 0.465 e. The van der Waals surface area contributed by atoms with E-state index in [4.69, 9.17) is 9.15 Å². The van der Waals surface area contributed by atoms with Crippen molar-refractivity contribution in [2.45, 2.75) is 32.6 Å². The SMILES string of the molecule is CCC(C)(C)c1ccc(Oc2ccc(NC(=O)C=Cc3ccco3)cc2)cc1. The van der Waals surface area contributed by atoms with Crippen LogP contribution in [0.1, 0.15) is 38.5 Å². The molecule has 0 atom stereocenters. The summed E-state index contributed by atoms with van der Waals surface area (Å²) in [4.78, 5) is 12.0. The van der Waals surface area contributed by atoms with Gasteiger partial charge in [-0.3, -0.25) is 4.79 Å². The van der Waals surface area contributed by atoms with E-state index in [-0.39, 0.29) is 11.3 Å². The molecular weight excluding hydrogens is 350 g/mol. The van der Waals surface area contributed by atoms with Crippen LogP contribution in [0, 0.1) is 0 Å². The molecule has 0 unspecified atom stereocenters. The van der Waals surface area contributed by atoms with Gasteiger partial charge in [0.2, 0.25) is 5.91 Å². The van der Waals surface area contributed by atoms with Crippen molar-refractivity contribution in [1.82, 2.24) is 0 Å². The maximum atomic E-state index is 12.0. The predicted molar refractivity (Wildman–Crippen MR) is 113 cm³/mol. The lowest BCUT2D eigenvalue weighted by molar-refractivity contribution is -0.111. The average molecular weight is 375 g/mol. The number of anilines is 1. The Morgan fingerprint density at radius 2 is 1.68 bits per heavy atom. The smallest absolute Gasteiger partial charge is 0.248 e. The summed E-state index contributed by atoms with van der Waals surface area (Å²) in [5.74, 6) is 1.91. The Labute approximate surface area is 165 Å². The highest BCUT2D eigenvalue weighted by Crippen LogP contribution is 2.29. The molecule has 0 fully saturated rings. The molecule has 0 aliphatic rings. The van der Waals surface area contributed by atoms with Crippen molar-refractivity contribution in [2.24, 2.45) is 0 Å². The number of carbonyl (C=O) groups excluding carboxylic acids is 1. The molecule has 3 rings (SSSR count). The Kier molecular flexibility index (Phi) is 5.99.